The Hall–Kier alpha value is -1.65. The average molecular weight is 305 g/mol. The van der Waals surface area contributed by atoms with Crippen LogP contribution in [0.15, 0.2) is 46.2 Å². The number of hydrogen-bond acceptors (Lipinski definition) is 3. The Morgan fingerprint density at radius 1 is 1.15 bits per heavy atom. The van der Waals surface area contributed by atoms with Crippen molar-refractivity contribution in [1.29, 1.82) is 0 Å². The first-order valence-electron chi connectivity index (χ1n) is 6.28. The maximum Gasteiger partial charge on any atom is 0.224 e. The van der Waals surface area contributed by atoms with Crippen molar-refractivity contribution in [1.82, 2.24) is 0 Å². The topological polar surface area (TPSA) is 55.1 Å². The van der Waals surface area contributed by atoms with Crippen molar-refractivity contribution in [3.63, 3.8) is 0 Å². The summed E-state index contributed by atoms with van der Waals surface area (Å²) < 4.78 is 0. The first kappa shape index (κ1) is 13.3. The molecular formula is C15H13ClN2OS. The first-order valence-corrected chi connectivity index (χ1v) is 7.47. The van der Waals surface area contributed by atoms with Gasteiger partial charge in [-0.3, -0.25) is 4.79 Å². The van der Waals surface area contributed by atoms with Crippen LogP contribution >= 0.6 is 23.4 Å². The summed E-state index contributed by atoms with van der Waals surface area (Å²) in [6, 6.07) is 11.5. The Morgan fingerprint density at radius 3 is 2.75 bits per heavy atom. The third kappa shape index (κ3) is 2.62. The molecule has 0 saturated carbocycles. The van der Waals surface area contributed by atoms with Gasteiger partial charge in [-0.05, 0) is 36.2 Å². The van der Waals surface area contributed by atoms with Gasteiger partial charge in [0.2, 0.25) is 5.91 Å². The number of nitrogens with one attached hydrogen (secondary N) is 1. The van der Waals surface area contributed by atoms with E-state index in [9.17, 15) is 4.79 Å². The number of anilines is 2. The summed E-state index contributed by atoms with van der Waals surface area (Å²) in [6.45, 7) is 0. The van der Waals surface area contributed by atoms with Gasteiger partial charge in [0.25, 0.3) is 0 Å². The summed E-state index contributed by atoms with van der Waals surface area (Å²) >= 11 is 7.72. The minimum Gasteiger partial charge on any atom is -0.398 e. The van der Waals surface area contributed by atoms with Crippen LogP contribution in [0.4, 0.5) is 11.4 Å². The van der Waals surface area contributed by atoms with Gasteiger partial charge in [-0.25, -0.2) is 0 Å². The number of fused-ring (bicyclic) bond motifs is 1. The number of hydrogen-bond donors (Lipinski definition) is 2. The lowest BCUT2D eigenvalue weighted by molar-refractivity contribution is -0.116. The molecule has 1 amide bonds. The molecule has 20 heavy (non-hydrogen) atoms. The molecule has 102 valence electrons. The van der Waals surface area contributed by atoms with Crippen LogP contribution in [0.2, 0.25) is 5.02 Å². The number of nitrogen functional groups attached to an aromatic ring is 1. The minimum absolute atomic E-state index is 0.0448. The quantitative estimate of drug-likeness (QED) is 0.826. The van der Waals surface area contributed by atoms with Gasteiger partial charge in [0.15, 0.2) is 0 Å². The van der Waals surface area contributed by atoms with E-state index in [0.29, 0.717) is 17.1 Å². The molecule has 3 N–H and O–H groups in total. The number of amides is 1. The van der Waals surface area contributed by atoms with Crippen molar-refractivity contribution in [2.75, 3.05) is 11.1 Å². The molecule has 0 aromatic heterocycles. The molecule has 0 fully saturated rings. The predicted octanol–water partition coefficient (Wildman–Crippen LogP) is 3.96. The lowest BCUT2D eigenvalue weighted by Gasteiger charge is -2.19. The number of carbonyl (C=O) groups excluding carboxylic acids is 1. The van der Waals surface area contributed by atoms with E-state index in [1.165, 1.54) is 0 Å². The molecule has 1 heterocycles. The summed E-state index contributed by atoms with van der Waals surface area (Å²) in [4.78, 5) is 13.3. The highest BCUT2D eigenvalue weighted by Gasteiger charge is 2.17. The van der Waals surface area contributed by atoms with Gasteiger partial charge in [-0.15, -0.1) is 0 Å². The lowest BCUT2D eigenvalue weighted by Crippen LogP contribution is -2.19. The Balaban J connectivity index is 1.95. The summed E-state index contributed by atoms with van der Waals surface area (Å²) in [6.07, 6.45) is 1.27. The highest BCUT2D eigenvalue weighted by atomic mass is 35.5. The fourth-order valence-electron chi connectivity index (χ4n) is 2.16. The molecule has 3 rings (SSSR count). The summed E-state index contributed by atoms with van der Waals surface area (Å²) in [5.41, 5.74) is 8.66. The number of rotatable bonds is 2. The van der Waals surface area contributed by atoms with Crippen LogP contribution in [-0.4, -0.2) is 5.91 Å². The second-order valence-corrected chi connectivity index (χ2v) is 6.12. The van der Waals surface area contributed by atoms with Crippen molar-refractivity contribution in [2.24, 2.45) is 0 Å². The molecule has 0 spiro atoms. The van der Waals surface area contributed by atoms with Gasteiger partial charge in [0.1, 0.15) is 0 Å². The van der Waals surface area contributed by atoms with Gasteiger partial charge < -0.3 is 11.1 Å². The van der Waals surface area contributed by atoms with Crippen LogP contribution in [-0.2, 0) is 11.2 Å². The van der Waals surface area contributed by atoms with E-state index in [2.05, 4.69) is 5.32 Å². The molecule has 0 aliphatic carbocycles. The van der Waals surface area contributed by atoms with Crippen LogP contribution in [0.3, 0.4) is 0 Å². The number of aryl methyl sites for hydroxylation is 1. The maximum absolute atomic E-state index is 11.4. The van der Waals surface area contributed by atoms with Crippen molar-refractivity contribution in [3.05, 3.63) is 47.0 Å². The van der Waals surface area contributed by atoms with Crippen LogP contribution < -0.4 is 11.1 Å². The van der Waals surface area contributed by atoms with E-state index in [4.69, 9.17) is 17.3 Å². The van der Waals surface area contributed by atoms with E-state index in [0.717, 1.165) is 27.5 Å². The van der Waals surface area contributed by atoms with Crippen LogP contribution in [0.25, 0.3) is 0 Å². The van der Waals surface area contributed by atoms with E-state index in [1.807, 2.05) is 36.4 Å². The molecule has 1 aliphatic rings. The van der Waals surface area contributed by atoms with Crippen LogP contribution in [0.1, 0.15) is 12.0 Å². The average Bonchev–Trinajstić information content (AvgIpc) is 2.42. The number of benzene rings is 2. The normalized spacial score (nSPS) is 13.8. The number of halogens is 1. The molecule has 2 aromatic carbocycles. The third-order valence-electron chi connectivity index (χ3n) is 3.19. The number of nitrogens with two attached hydrogens (primary N) is 1. The second-order valence-electron chi connectivity index (χ2n) is 4.63. The molecule has 3 nitrogen and oxygen atoms in total. The molecule has 0 radical (unpaired) electrons. The molecule has 1 aliphatic heterocycles. The van der Waals surface area contributed by atoms with E-state index in [1.54, 1.807) is 11.8 Å². The smallest absolute Gasteiger partial charge is 0.224 e. The Kier molecular flexibility index (Phi) is 3.59. The van der Waals surface area contributed by atoms with Gasteiger partial charge in [-0.1, -0.05) is 35.5 Å². The zero-order chi connectivity index (χ0) is 14.1. The highest BCUT2D eigenvalue weighted by Crippen LogP contribution is 2.39. The van der Waals surface area contributed by atoms with Crippen molar-refractivity contribution in [2.45, 2.75) is 22.6 Å². The van der Waals surface area contributed by atoms with E-state index < -0.39 is 0 Å². The molecule has 0 unspecified atom stereocenters. The largest absolute Gasteiger partial charge is 0.398 e. The second kappa shape index (κ2) is 5.38. The van der Waals surface area contributed by atoms with Crippen LogP contribution in [0, 0.1) is 0 Å². The van der Waals surface area contributed by atoms with E-state index >= 15 is 0 Å². The van der Waals surface area contributed by atoms with Gasteiger partial charge in [-0.2, -0.15) is 0 Å². The van der Waals surface area contributed by atoms with Gasteiger partial charge >= 0.3 is 0 Å². The van der Waals surface area contributed by atoms with Crippen LogP contribution in [0.5, 0.6) is 0 Å². The lowest BCUT2D eigenvalue weighted by atomic mass is 10.0. The Morgan fingerprint density at radius 2 is 1.95 bits per heavy atom. The fourth-order valence-corrected chi connectivity index (χ4v) is 3.34. The maximum atomic E-state index is 11.4. The SMILES string of the molecule is Nc1cc2c(cc1Sc1ccccc1Cl)CCC(=O)N2. The summed E-state index contributed by atoms with van der Waals surface area (Å²) in [7, 11) is 0. The zero-order valence-electron chi connectivity index (χ0n) is 10.7. The number of carbonyl (C=O) groups is 1. The van der Waals surface area contributed by atoms with Gasteiger partial charge in [0.05, 0.1) is 5.02 Å². The predicted molar refractivity (Wildman–Crippen MR) is 83.4 cm³/mol. The molecule has 0 saturated heterocycles. The zero-order valence-corrected chi connectivity index (χ0v) is 12.2. The standard InChI is InChI=1S/C15H13ClN2OS/c16-10-3-1-2-4-13(10)20-14-7-9-5-6-15(19)18-12(9)8-11(14)17/h1-4,7-8H,5-6,17H2,(H,18,19). The van der Waals surface area contributed by atoms with Crippen molar-refractivity contribution in [3.8, 4) is 0 Å². The third-order valence-corrected chi connectivity index (χ3v) is 4.78. The molecule has 0 atom stereocenters. The summed E-state index contributed by atoms with van der Waals surface area (Å²) in [5, 5.41) is 3.56. The van der Waals surface area contributed by atoms with Crippen molar-refractivity contribution >= 4 is 40.6 Å². The molecule has 2 aromatic rings. The monoisotopic (exact) mass is 304 g/mol. The first-order chi connectivity index (χ1) is 9.63. The fraction of sp³-hybridized carbons (Fsp3) is 0.133. The summed E-state index contributed by atoms with van der Waals surface area (Å²) in [5.74, 6) is 0.0448. The molecule has 5 heteroatoms. The molecular weight excluding hydrogens is 292 g/mol. The van der Waals surface area contributed by atoms with E-state index in [-0.39, 0.29) is 5.91 Å². The Bertz CT molecular complexity index is 688. The molecule has 0 bridgehead atoms. The minimum atomic E-state index is 0.0448. The van der Waals surface area contributed by atoms with Gasteiger partial charge in [0, 0.05) is 27.6 Å². The van der Waals surface area contributed by atoms with Crippen molar-refractivity contribution < 1.29 is 4.79 Å². The highest BCUT2D eigenvalue weighted by molar-refractivity contribution is 7.99. The Labute approximate surface area is 126 Å².